The number of nitrogens with zero attached hydrogens (tertiary/aromatic N) is 1. The number of benzene rings is 3. The second kappa shape index (κ2) is 9.74. The Morgan fingerprint density at radius 1 is 1.00 bits per heavy atom. The van der Waals surface area contributed by atoms with E-state index < -0.39 is 10.0 Å². The van der Waals surface area contributed by atoms with Gasteiger partial charge in [0.05, 0.1) is 21.3 Å². The number of aryl methyl sites for hydroxylation is 2. The van der Waals surface area contributed by atoms with Crippen LogP contribution in [0.15, 0.2) is 77.7 Å². The van der Waals surface area contributed by atoms with Crippen molar-refractivity contribution in [2.24, 2.45) is 0 Å². The molecule has 0 aliphatic rings. The van der Waals surface area contributed by atoms with Crippen LogP contribution in [0.1, 0.15) is 31.5 Å². The fraction of sp³-hybridized carbons (Fsp3) is 0.120. The second-order valence-corrected chi connectivity index (χ2v) is 10.5. The molecule has 0 saturated heterocycles. The minimum absolute atomic E-state index is 0.151. The van der Waals surface area contributed by atoms with Crippen LogP contribution in [0.25, 0.3) is 0 Å². The fourth-order valence-electron chi connectivity index (χ4n) is 3.32. The number of hydrogen-bond donors (Lipinski definition) is 2. The summed E-state index contributed by atoms with van der Waals surface area (Å²) < 4.78 is 41.1. The molecule has 1 heterocycles. The highest BCUT2D eigenvalue weighted by atomic mass is 32.2. The Labute approximate surface area is 201 Å². The number of halogens is 1. The Kier molecular flexibility index (Phi) is 6.76. The molecule has 1 aromatic heterocycles. The zero-order valence-corrected chi connectivity index (χ0v) is 20.1. The Hall–Kier alpha value is -3.56. The molecular formula is C25H22FN3O3S2. The molecule has 1 amide bonds. The summed E-state index contributed by atoms with van der Waals surface area (Å²) in [6.45, 7) is 3.54. The lowest BCUT2D eigenvalue weighted by Gasteiger charge is -2.13. The Morgan fingerprint density at radius 3 is 2.41 bits per heavy atom. The molecule has 0 fully saturated rings. The zero-order valence-electron chi connectivity index (χ0n) is 18.5. The van der Waals surface area contributed by atoms with Crippen molar-refractivity contribution in [2.75, 3.05) is 10.0 Å². The largest absolute Gasteiger partial charge is 0.321 e. The average molecular weight is 496 g/mol. The molecule has 0 bridgehead atoms. The monoisotopic (exact) mass is 495 g/mol. The van der Waals surface area contributed by atoms with Gasteiger partial charge in [-0.2, -0.15) is 0 Å². The number of amides is 1. The van der Waals surface area contributed by atoms with Gasteiger partial charge in [-0.05, 0) is 61.4 Å². The van der Waals surface area contributed by atoms with Crippen LogP contribution in [0.2, 0.25) is 0 Å². The molecule has 6 nitrogen and oxygen atoms in total. The van der Waals surface area contributed by atoms with Crippen molar-refractivity contribution in [1.82, 2.24) is 4.98 Å². The Morgan fingerprint density at radius 2 is 1.71 bits per heavy atom. The van der Waals surface area contributed by atoms with Crippen LogP contribution in [0.4, 0.5) is 15.8 Å². The minimum atomic E-state index is -3.76. The van der Waals surface area contributed by atoms with E-state index in [1.165, 1.54) is 35.6 Å². The van der Waals surface area contributed by atoms with E-state index in [1.54, 1.807) is 62.4 Å². The van der Waals surface area contributed by atoms with Crippen LogP contribution in [0.5, 0.6) is 0 Å². The number of nitrogens with one attached hydrogen (secondary N) is 2. The minimum Gasteiger partial charge on any atom is -0.321 e. The summed E-state index contributed by atoms with van der Waals surface area (Å²) in [5, 5.41) is 3.57. The highest BCUT2D eigenvalue weighted by molar-refractivity contribution is 7.92. The first kappa shape index (κ1) is 23.6. The summed E-state index contributed by atoms with van der Waals surface area (Å²) >= 11 is 1.27. The van der Waals surface area contributed by atoms with E-state index in [9.17, 15) is 17.6 Å². The van der Waals surface area contributed by atoms with Gasteiger partial charge in [-0.1, -0.05) is 36.4 Å². The summed E-state index contributed by atoms with van der Waals surface area (Å²) in [6.07, 6.45) is 0.495. The molecule has 0 atom stereocenters. The van der Waals surface area contributed by atoms with Crippen molar-refractivity contribution in [2.45, 2.75) is 25.2 Å². The van der Waals surface area contributed by atoms with Gasteiger partial charge in [-0.3, -0.25) is 9.52 Å². The molecule has 0 aliphatic heterocycles. The van der Waals surface area contributed by atoms with Gasteiger partial charge in [0.1, 0.15) is 10.7 Å². The van der Waals surface area contributed by atoms with Crippen molar-refractivity contribution >= 4 is 38.6 Å². The fourth-order valence-corrected chi connectivity index (χ4v) is 5.45. The van der Waals surface area contributed by atoms with Gasteiger partial charge >= 0.3 is 0 Å². The lowest BCUT2D eigenvalue weighted by molar-refractivity contribution is 0.103. The molecule has 0 aliphatic carbocycles. The topological polar surface area (TPSA) is 88.2 Å². The van der Waals surface area contributed by atoms with Crippen LogP contribution in [-0.4, -0.2) is 19.3 Å². The summed E-state index contributed by atoms with van der Waals surface area (Å²) in [5.41, 5.74) is 3.04. The maximum absolute atomic E-state index is 13.1. The van der Waals surface area contributed by atoms with Crippen molar-refractivity contribution in [3.63, 3.8) is 0 Å². The number of aromatic nitrogens is 1. The molecule has 0 saturated carbocycles. The van der Waals surface area contributed by atoms with E-state index >= 15 is 0 Å². The lowest BCUT2D eigenvalue weighted by Crippen LogP contribution is -2.15. The number of sulfonamides is 1. The number of anilines is 2. The molecule has 4 aromatic rings. The first-order valence-electron chi connectivity index (χ1n) is 10.4. The molecular weight excluding hydrogens is 473 g/mol. The molecule has 0 spiro atoms. The third-order valence-electron chi connectivity index (χ3n) is 5.11. The quantitative estimate of drug-likeness (QED) is 0.352. The molecule has 34 heavy (non-hydrogen) atoms. The van der Waals surface area contributed by atoms with Crippen LogP contribution in [-0.2, 0) is 16.4 Å². The van der Waals surface area contributed by atoms with E-state index in [4.69, 9.17) is 0 Å². The summed E-state index contributed by atoms with van der Waals surface area (Å²) in [4.78, 5) is 18.0. The number of carbonyl (C=O) groups is 1. The molecule has 0 radical (unpaired) electrons. The van der Waals surface area contributed by atoms with E-state index in [0.29, 0.717) is 33.9 Å². The first-order chi connectivity index (χ1) is 16.2. The SMILES string of the molecule is Cc1ccc(NC(=O)c2sc(Cc3ccc(F)cc3)nc2C)cc1NS(=O)(=O)c1ccccc1. The molecule has 2 N–H and O–H groups in total. The third-order valence-corrected chi connectivity index (χ3v) is 7.65. The van der Waals surface area contributed by atoms with Crippen LogP contribution in [0, 0.1) is 19.7 Å². The van der Waals surface area contributed by atoms with Gasteiger partial charge in [0.25, 0.3) is 15.9 Å². The molecule has 0 unspecified atom stereocenters. The van der Waals surface area contributed by atoms with E-state index in [1.807, 2.05) is 0 Å². The van der Waals surface area contributed by atoms with Crippen LogP contribution < -0.4 is 10.0 Å². The summed E-state index contributed by atoms with van der Waals surface area (Å²) in [7, 11) is -3.76. The van der Waals surface area contributed by atoms with Crippen molar-refractivity contribution in [3.8, 4) is 0 Å². The maximum Gasteiger partial charge on any atom is 0.267 e. The number of hydrogen-bond acceptors (Lipinski definition) is 5. The van der Waals surface area contributed by atoms with Gasteiger partial charge in [0, 0.05) is 12.1 Å². The molecule has 174 valence electrons. The summed E-state index contributed by atoms with van der Waals surface area (Å²) in [6, 6.07) is 19.3. The number of rotatable bonds is 7. The van der Waals surface area contributed by atoms with Gasteiger partial charge in [-0.25, -0.2) is 17.8 Å². The zero-order chi connectivity index (χ0) is 24.3. The average Bonchev–Trinajstić information content (AvgIpc) is 3.18. The maximum atomic E-state index is 13.1. The predicted molar refractivity (Wildman–Crippen MR) is 132 cm³/mol. The van der Waals surface area contributed by atoms with Gasteiger partial charge in [0.15, 0.2) is 0 Å². The highest BCUT2D eigenvalue weighted by Crippen LogP contribution is 2.26. The molecule has 9 heteroatoms. The van der Waals surface area contributed by atoms with Gasteiger partial charge < -0.3 is 5.32 Å². The Balaban J connectivity index is 1.50. The second-order valence-electron chi connectivity index (χ2n) is 7.73. The Bertz CT molecular complexity index is 1430. The van der Waals surface area contributed by atoms with Gasteiger partial charge in [0.2, 0.25) is 0 Å². The number of carbonyl (C=O) groups excluding carboxylic acids is 1. The van der Waals surface area contributed by atoms with E-state index in [-0.39, 0.29) is 16.6 Å². The normalized spacial score (nSPS) is 11.3. The highest BCUT2D eigenvalue weighted by Gasteiger charge is 2.18. The van der Waals surface area contributed by atoms with E-state index in [2.05, 4.69) is 15.0 Å². The van der Waals surface area contributed by atoms with Crippen molar-refractivity contribution < 1.29 is 17.6 Å². The summed E-state index contributed by atoms with van der Waals surface area (Å²) in [5.74, 6) is -0.635. The van der Waals surface area contributed by atoms with Crippen molar-refractivity contribution in [3.05, 3.63) is 105 Å². The van der Waals surface area contributed by atoms with Crippen LogP contribution in [0.3, 0.4) is 0 Å². The smallest absolute Gasteiger partial charge is 0.267 e. The van der Waals surface area contributed by atoms with E-state index in [0.717, 1.165) is 10.6 Å². The number of thiazole rings is 1. The predicted octanol–water partition coefficient (Wildman–Crippen LogP) is 5.54. The first-order valence-corrected chi connectivity index (χ1v) is 12.7. The molecule has 4 rings (SSSR count). The standard InChI is InChI=1S/C25H22FN3O3S2/c1-16-8-13-20(15-22(16)29-34(31,32)21-6-4-3-5-7-21)28-25(30)24-17(2)27-23(33-24)14-18-9-11-19(26)12-10-18/h3-13,15,29H,14H2,1-2H3,(H,28,30). The van der Waals surface area contributed by atoms with Crippen LogP contribution >= 0.6 is 11.3 Å². The third kappa shape index (κ3) is 5.49. The molecule has 3 aromatic carbocycles. The van der Waals surface area contributed by atoms with Gasteiger partial charge in [-0.15, -0.1) is 11.3 Å². The van der Waals surface area contributed by atoms with Crippen molar-refractivity contribution in [1.29, 1.82) is 0 Å². The lowest BCUT2D eigenvalue weighted by atomic mass is 10.1.